The molecule has 1 aliphatic rings. The third kappa shape index (κ3) is 9.94. The SMILES string of the molecule is Cc1c(COc2cc(OCc3cncc(C(N)=O)c3)c(CNC(C)(CO)C(=O)O)cc2Cl)cccc1-c1cccc(OCCCN2CCC(O)(C(=O)O)C2)c1C. The molecule has 1 saturated heterocycles. The number of hydrogen-bond donors (Lipinski definition) is 6. The summed E-state index contributed by atoms with van der Waals surface area (Å²) in [6.45, 7) is 6.52. The monoisotopic (exact) mass is 790 g/mol. The number of nitrogens with one attached hydrogen (secondary N) is 1. The number of halogens is 1. The first kappa shape index (κ1) is 41.9. The number of aliphatic hydroxyl groups is 2. The molecule has 1 amide bonds. The molecule has 1 aliphatic heterocycles. The first-order valence-electron chi connectivity index (χ1n) is 18.0. The maximum absolute atomic E-state index is 11.8. The zero-order valence-corrected chi connectivity index (χ0v) is 32.3. The summed E-state index contributed by atoms with van der Waals surface area (Å²) in [5, 5.41) is 42.0. The number of pyridine rings is 1. The highest BCUT2D eigenvalue weighted by Gasteiger charge is 2.42. The highest BCUT2D eigenvalue weighted by atomic mass is 35.5. The maximum Gasteiger partial charge on any atom is 0.337 e. The minimum absolute atomic E-state index is 0.00272. The van der Waals surface area contributed by atoms with Crippen LogP contribution in [0.3, 0.4) is 0 Å². The number of nitrogens with zero attached hydrogens (tertiary/aromatic N) is 2. The van der Waals surface area contributed by atoms with Crippen LogP contribution in [0.2, 0.25) is 5.02 Å². The van der Waals surface area contributed by atoms with Crippen molar-refractivity contribution >= 4 is 29.4 Å². The maximum atomic E-state index is 11.8. The lowest BCUT2D eigenvalue weighted by atomic mass is 9.93. The van der Waals surface area contributed by atoms with Crippen molar-refractivity contribution in [3.8, 4) is 28.4 Å². The van der Waals surface area contributed by atoms with E-state index in [0.29, 0.717) is 48.7 Å². The van der Waals surface area contributed by atoms with E-state index in [1.807, 2.05) is 55.1 Å². The Bertz CT molecular complexity index is 2080. The average molecular weight is 791 g/mol. The number of aliphatic carboxylic acids is 2. The lowest BCUT2D eigenvalue weighted by Gasteiger charge is -2.25. The quantitative estimate of drug-likeness (QED) is 0.0724. The normalized spacial score (nSPS) is 16.6. The molecule has 0 saturated carbocycles. The molecule has 4 aromatic rings. The van der Waals surface area contributed by atoms with Crippen LogP contribution in [0.25, 0.3) is 11.1 Å². The fraction of sp³-hybridized carbons (Fsp3) is 0.366. The third-order valence-electron chi connectivity index (χ3n) is 10.1. The number of aliphatic hydroxyl groups excluding tert-OH is 1. The Kier molecular flexibility index (Phi) is 13.6. The molecule has 0 bridgehead atoms. The molecule has 2 atom stereocenters. The zero-order chi connectivity index (χ0) is 40.6. The van der Waals surface area contributed by atoms with Crippen LogP contribution < -0.4 is 25.3 Å². The van der Waals surface area contributed by atoms with Crippen molar-refractivity contribution in [2.45, 2.75) is 64.5 Å². The molecule has 2 unspecified atom stereocenters. The minimum atomic E-state index is -1.69. The van der Waals surface area contributed by atoms with Gasteiger partial charge in [0.2, 0.25) is 5.91 Å². The van der Waals surface area contributed by atoms with Crippen molar-refractivity contribution in [2.75, 3.05) is 32.8 Å². The summed E-state index contributed by atoms with van der Waals surface area (Å²) in [5.74, 6) is -1.68. The summed E-state index contributed by atoms with van der Waals surface area (Å²) in [6.07, 6.45) is 3.76. The Hall–Kier alpha value is -5.25. The lowest BCUT2D eigenvalue weighted by Crippen LogP contribution is -2.52. The Morgan fingerprint density at radius 3 is 2.34 bits per heavy atom. The van der Waals surface area contributed by atoms with E-state index < -0.39 is 35.6 Å². The number of carboxylic acids is 2. The highest BCUT2D eigenvalue weighted by molar-refractivity contribution is 6.32. The number of primary amides is 1. The molecule has 7 N–H and O–H groups in total. The van der Waals surface area contributed by atoms with E-state index in [0.717, 1.165) is 33.6 Å². The molecule has 298 valence electrons. The Morgan fingerprint density at radius 2 is 1.66 bits per heavy atom. The number of carbonyl (C=O) groups excluding carboxylic acids is 1. The molecule has 1 fully saturated rings. The van der Waals surface area contributed by atoms with Gasteiger partial charge in [-0.3, -0.25) is 24.8 Å². The number of likely N-dealkylation sites (tertiary alicyclic amines) is 1. The number of nitrogens with two attached hydrogens (primary N) is 1. The molecule has 14 nitrogen and oxygen atoms in total. The summed E-state index contributed by atoms with van der Waals surface area (Å²) >= 11 is 6.72. The molecule has 3 aromatic carbocycles. The number of β-amino-alcohol motifs (C(OH)–C–C–N with tert-alkyl or cyclic N) is 1. The summed E-state index contributed by atoms with van der Waals surface area (Å²) in [6, 6.07) is 16.6. The molecule has 0 spiro atoms. The van der Waals surface area contributed by atoms with Gasteiger partial charge in [-0.1, -0.05) is 41.9 Å². The van der Waals surface area contributed by atoms with Crippen molar-refractivity contribution in [2.24, 2.45) is 5.73 Å². The second-order valence-electron chi connectivity index (χ2n) is 14.1. The summed E-state index contributed by atoms with van der Waals surface area (Å²) < 4.78 is 18.6. The standard InChI is InChI=1S/C41H47ClN4O10/c1-25-28(7-4-8-31(25)32-9-5-10-34(26(32)2)54-14-6-12-46-13-11-41(53,23-46)39(51)52)22-56-36-17-35(55-21-27-15-30(37(43)48)19-44-18-27)29(16-33(36)42)20-45-40(3,24-47)38(49)50/h4-5,7-10,15-19,45,47,53H,6,11-14,20-24H2,1-3H3,(H2,43,48)(H,49,50)(H,51,52). The van der Waals surface area contributed by atoms with Gasteiger partial charge in [-0.25, -0.2) is 4.79 Å². The van der Waals surface area contributed by atoms with Crippen LogP contribution in [0.4, 0.5) is 0 Å². The van der Waals surface area contributed by atoms with Gasteiger partial charge >= 0.3 is 11.9 Å². The van der Waals surface area contributed by atoms with E-state index in [4.69, 9.17) is 31.5 Å². The van der Waals surface area contributed by atoms with Gasteiger partial charge in [0.1, 0.15) is 36.0 Å². The van der Waals surface area contributed by atoms with E-state index in [2.05, 4.69) is 10.3 Å². The second kappa shape index (κ2) is 18.1. The Morgan fingerprint density at radius 1 is 0.946 bits per heavy atom. The summed E-state index contributed by atoms with van der Waals surface area (Å²) in [4.78, 5) is 40.9. The molecular formula is C41H47ClN4O10. The summed E-state index contributed by atoms with van der Waals surface area (Å²) in [5.41, 5.74) is 8.22. The molecule has 0 radical (unpaired) electrons. The van der Waals surface area contributed by atoms with Crippen LogP contribution in [0.5, 0.6) is 17.2 Å². The second-order valence-corrected chi connectivity index (χ2v) is 14.6. The molecule has 5 rings (SSSR count). The van der Waals surface area contributed by atoms with Crippen LogP contribution in [0.15, 0.2) is 67.0 Å². The molecule has 1 aromatic heterocycles. The van der Waals surface area contributed by atoms with Gasteiger partial charge in [-0.15, -0.1) is 0 Å². The van der Waals surface area contributed by atoms with Crippen LogP contribution >= 0.6 is 11.6 Å². The third-order valence-corrected chi connectivity index (χ3v) is 10.3. The highest BCUT2D eigenvalue weighted by Crippen LogP contribution is 2.36. The first-order valence-corrected chi connectivity index (χ1v) is 18.4. The van der Waals surface area contributed by atoms with Gasteiger partial charge in [-0.05, 0) is 73.2 Å². The van der Waals surface area contributed by atoms with Gasteiger partial charge in [0.05, 0.1) is 23.8 Å². The van der Waals surface area contributed by atoms with Crippen LogP contribution in [0.1, 0.15) is 57.9 Å². The number of ether oxygens (including phenoxy) is 3. The largest absolute Gasteiger partial charge is 0.493 e. The lowest BCUT2D eigenvalue weighted by molar-refractivity contribution is -0.157. The average Bonchev–Trinajstić information content (AvgIpc) is 3.57. The van der Waals surface area contributed by atoms with Gasteiger partial charge < -0.3 is 40.4 Å². The molecule has 2 heterocycles. The number of hydrogen-bond acceptors (Lipinski definition) is 11. The number of benzene rings is 3. The number of amides is 1. The van der Waals surface area contributed by atoms with E-state index in [1.165, 1.54) is 19.3 Å². The van der Waals surface area contributed by atoms with Crippen molar-refractivity contribution < 1.29 is 49.0 Å². The van der Waals surface area contributed by atoms with Gasteiger partial charge in [-0.2, -0.15) is 0 Å². The number of rotatable bonds is 19. The first-order chi connectivity index (χ1) is 26.6. The molecule has 56 heavy (non-hydrogen) atoms. The molecule has 15 heteroatoms. The van der Waals surface area contributed by atoms with Crippen molar-refractivity contribution in [1.29, 1.82) is 0 Å². The Labute approximate surface area is 329 Å². The summed E-state index contributed by atoms with van der Waals surface area (Å²) in [7, 11) is 0. The van der Waals surface area contributed by atoms with Crippen molar-refractivity contribution in [3.63, 3.8) is 0 Å². The van der Waals surface area contributed by atoms with E-state index >= 15 is 0 Å². The van der Waals surface area contributed by atoms with Gasteiger partial charge in [0.15, 0.2) is 5.60 Å². The van der Waals surface area contributed by atoms with Crippen molar-refractivity contribution in [3.05, 3.63) is 105 Å². The number of carbonyl (C=O) groups is 3. The van der Waals surface area contributed by atoms with Crippen molar-refractivity contribution in [1.82, 2.24) is 15.2 Å². The predicted octanol–water partition coefficient (Wildman–Crippen LogP) is 4.49. The van der Waals surface area contributed by atoms with Gasteiger partial charge in [0, 0.05) is 62.2 Å². The fourth-order valence-electron chi connectivity index (χ4n) is 6.37. The minimum Gasteiger partial charge on any atom is -0.493 e. The topological polar surface area (TPSA) is 214 Å². The predicted molar refractivity (Wildman–Crippen MR) is 208 cm³/mol. The van der Waals surface area contributed by atoms with E-state index in [9.17, 15) is 34.8 Å². The fourth-order valence-corrected chi connectivity index (χ4v) is 6.61. The van der Waals surface area contributed by atoms with E-state index in [1.54, 1.807) is 18.2 Å². The van der Waals surface area contributed by atoms with Gasteiger partial charge in [0.25, 0.3) is 0 Å². The smallest absolute Gasteiger partial charge is 0.337 e. The molecular weight excluding hydrogens is 744 g/mol. The number of carboxylic acid groups (broad SMARTS) is 2. The van der Waals surface area contributed by atoms with Crippen LogP contribution in [-0.2, 0) is 29.3 Å². The van der Waals surface area contributed by atoms with Crippen LogP contribution in [0, 0.1) is 13.8 Å². The van der Waals surface area contributed by atoms with Crippen LogP contribution in [-0.4, -0.2) is 92.1 Å². The molecule has 0 aliphatic carbocycles. The Balaban J connectivity index is 1.30. The number of aromatic nitrogens is 1. The van der Waals surface area contributed by atoms with E-state index in [-0.39, 0.29) is 43.3 Å². The zero-order valence-electron chi connectivity index (χ0n) is 31.5.